The first-order valence-corrected chi connectivity index (χ1v) is 9.69. The van der Waals surface area contributed by atoms with Crippen LogP contribution in [0.2, 0.25) is 0 Å². The average molecular weight is 390 g/mol. The first kappa shape index (κ1) is 20.4. The minimum Gasteiger partial charge on any atom is -0.394 e. The fraction of sp³-hybridized carbons (Fsp3) is 0.550. The molecule has 1 aromatic carbocycles. The summed E-state index contributed by atoms with van der Waals surface area (Å²) in [4.78, 5) is 12.3. The van der Waals surface area contributed by atoms with Gasteiger partial charge in [0.2, 0.25) is 0 Å². The van der Waals surface area contributed by atoms with Gasteiger partial charge in [-0.3, -0.25) is 9.48 Å². The van der Waals surface area contributed by atoms with E-state index in [4.69, 9.17) is 4.74 Å². The number of rotatable bonds is 7. The Bertz CT molecular complexity index is 795. The van der Waals surface area contributed by atoms with Gasteiger partial charge in [-0.05, 0) is 43.4 Å². The van der Waals surface area contributed by atoms with Crippen LogP contribution >= 0.6 is 0 Å². The van der Waals surface area contributed by atoms with Crippen molar-refractivity contribution in [2.24, 2.45) is 0 Å². The summed E-state index contributed by atoms with van der Waals surface area (Å²) in [5.41, 5.74) is 1.21. The van der Waals surface area contributed by atoms with Crippen molar-refractivity contribution < 1.29 is 19.0 Å². The Labute approximate surface area is 163 Å². The van der Waals surface area contributed by atoms with Crippen LogP contribution in [0.1, 0.15) is 55.1 Å². The van der Waals surface area contributed by atoms with E-state index in [1.807, 2.05) is 10.9 Å². The van der Waals surface area contributed by atoms with E-state index in [9.17, 15) is 14.3 Å². The van der Waals surface area contributed by atoms with Crippen LogP contribution < -0.4 is 5.32 Å². The van der Waals surface area contributed by atoms with Crippen LogP contribution in [0.15, 0.2) is 30.5 Å². The molecule has 0 bridgehead atoms. The maximum absolute atomic E-state index is 13.3. The minimum absolute atomic E-state index is 0.0221. The summed E-state index contributed by atoms with van der Waals surface area (Å²) in [6.07, 6.45) is 3.63. The van der Waals surface area contributed by atoms with Crippen molar-refractivity contribution in [3.05, 3.63) is 47.5 Å². The van der Waals surface area contributed by atoms with Gasteiger partial charge in [-0.25, -0.2) is 4.39 Å². The van der Waals surface area contributed by atoms with Gasteiger partial charge in [0.15, 0.2) is 0 Å². The third-order valence-corrected chi connectivity index (χ3v) is 5.03. The Morgan fingerprint density at radius 2 is 2.25 bits per heavy atom. The molecular weight excluding hydrogens is 363 g/mol. The molecule has 8 heteroatoms. The molecule has 2 aromatic rings. The fourth-order valence-electron chi connectivity index (χ4n) is 3.35. The number of carbonyl (C=O) groups excluding carboxylic acids is 1. The summed E-state index contributed by atoms with van der Waals surface area (Å²) in [5, 5.41) is 20.8. The number of carbonyl (C=O) groups is 1. The summed E-state index contributed by atoms with van der Waals surface area (Å²) >= 11 is 0. The van der Waals surface area contributed by atoms with Crippen LogP contribution in [0.25, 0.3) is 0 Å². The Morgan fingerprint density at radius 3 is 2.93 bits per heavy atom. The van der Waals surface area contributed by atoms with Crippen molar-refractivity contribution in [2.75, 3.05) is 6.61 Å². The summed E-state index contributed by atoms with van der Waals surface area (Å²) in [6, 6.07) is 5.23. The van der Waals surface area contributed by atoms with Crippen molar-refractivity contribution in [2.45, 2.75) is 63.8 Å². The predicted molar refractivity (Wildman–Crippen MR) is 101 cm³/mol. The summed E-state index contributed by atoms with van der Waals surface area (Å²) in [5.74, 6) is -0.491. The number of aryl methyl sites for hydroxylation is 1. The van der Waals surface area contributed by atoms with Gasteiger partial charge in [0, 0.05) is 18.3 Å². The van der Waals surface area contributed by atoms with Crippen LogP contribution in [0, 0.1) is 5.82 Å². The van der Waals surface area contributed by atoms with Crippen LogP contribution in [-0.2, 0) is 11.3 Å². The molecule has 1 aliphatic heterocycles. The van der Waals surface area contributed by atoms with E-state index in [0.717, 1.165) is 18.5 Å². The highest BCUT2D eigenvalue weighted by Crippen LogP contribution is 2.23. The van der Waals surface area contributed by atoms with Crippen LogP contribution in [-0.4, -0.2) is 50.9 Å². The molecule has 152 valence electrons. The van der Waals surface area contributed by atoms with E-state index in [1.165, 1.54) is 18.2 Å². The topological polar surface area (TPSA) is 89.3 Å². The van der Waals surface area contributed by atoms with E-state index >= 15 is 0 Å². The number of aromatic nitrogens is 3. The van der Waals surface area contributed by atoms with Crippen LogP contribution in [0.5, 0.6) is 0 Å². The molecule has 0 unspecified atom stereocenters. The number of ether oxygens (including phenoxy) is 1. The number of aliphatic hydroxyl groups excluding tert-OH is 1. The second-order valence-electron chi connectivity index (χ2n) is 7.50. The normalized spacial score (nSPS) is 22.4. The molecule has 1 fully saturated rings. The first-order chi connectivity index (χ1) is 13.5. The molecule has 1 saturated heterocycles. The van der Waals surface area contributed by atoms with Gasteiger partial charge in [0.25, 0.3) is 5.91 Å². The highest BCUT2D eigenvalue weighted by Gasteiger charge is 2.32. The van der Waals surface area contributed by atoms with E-state index in [2.05, 4.69) is 29.5 Å². The van der Waals surface area contributed by atoms with Crippen LogP contribution in [0.3, 0.4) is 0 Å². The smallest absolute Gasteiger partial charge is 0.251 e. The molecule has 7 nitrogen and oxygen atoms in total. The molecule has 28 heavy (non-hydrogen) atoms. The zero-order valence-electron chi connectivity index (χ0n) is 16.2. The number of halogens is 1. The third-order valence-electron chi connectivity index (χ3n) is 5.03. The minimum atomic E-state index is -0.488. The molecule has 1 aromatic heterocycles. The van der Waals surface area contributed by atoms with Gasteiger partial charge in [-0.15, -0.1) is 5.10 Å². The van der Waals surface area contributed by atoms with Gasteiger partial charge in [-0.1, -0.05) is 25.1 Å². The van der Waals surface area contributed by atoms with E-state index in [0.29, 0.717) is 18.9 Å². The van der Waals surface area contributed by atoms with Crippen molar-refractivity contribution in [3.8, 4) is 0 Å². The van der Waals surface area contributed by atoms with E-state index in [-0.39, 0.29) is 30.2 Å². The van der Waals surface area contributed by atoms with Gasteiger partial charge >= 0.3 is 0 Å². The Morgan fingerprint density at radius 1 is 1.43 bits per heavy atom. The van der Waals surface area contributed by atoms with Crippen molar-refractivity contribution in [1.29, 1.82) is 0 Å². The molecule has 2 N–H and O–H groups in total. The molecule has 0 aliphatic carbocycles. The standard InChI is InChI=1S/C20H27FN4O3/c1-13(2)18-11-25(24-23-18)9-8-16-6-7-17(19(12-26)28-16)22-20(27)14-4-3-5-15(21)10-14/h3-5,10-11,13,16-17,19,26H,6-9,12H2,1-2H3,(H,22,27)/t16-,17+,19-/m1/s1. The monoisotopic (exact) mass is 390 g/mol. The second kappa shape index (κ2) is 9.25. The predicted octanol–water partition coefficient (Wildman–Crippen LogP) is 2.27. The lowest BCUT2D eigenvalue weighted by Crippen LogP contribution is -2.51. The number of nitrogens with one attached hydrogen (secondary N) is 1. The van der Waals surface area contributed by atoms with Gasteiger partial charge < -0.3 is 15.2 Å². The molecule has 1 amide bonds. The average Bonchev–Trinajstić information content (AvgIpc) is 3.16. The SMILES string of the molecule is CC(C)c1cn(CC[C@H]2CC[C@H](NC(=O)c3cccc(F)c3)[C@@H](CO)O2)nn1. The van der Waals surface area contributed by atoms with Crippen molar-refractivity contribution in [1.82, 2.24) is 20.3 Å². The first-order valence-electron chi connectivity index (χ1n) is 9.69. The van der Waals surface area contributed by atoms with E-state index in [1.54, 1.807) is 6.07 Å². The second-order valence-corrected chi connectivity index (χ2v) is 7.50. The summed E-state index contributed by atoms with van der Waals surface area (Å²) < 4.78 is 21.1. The summed E-state index contributed by atoms with van der Waals surface area (Å²) in [6.45, 7) is 4.64. The largest absolute Gasteiger partial charge is 0.394 e. The number of nitrogens with zero attached hydrogens (tertiary/aromatic N) is 3. The molecule has 2 heterocycles. The Balaban J connectivity index is 1.52. The number of aliphatic hydroxyl groups is 1. The van der Waals surface area contributed by atoms with Gasteiger partial charge in [0.05, 0.1) is 24.4 Å². The number of hydrogen-bond acceptors (Lipinski definition) is 5. The lowest BCUT2D eigenvalue weighted by atomic mass is 9.96. The quantitative estimate of drug-likeness (QED) is 0.757. The zero-order valence-corrected chi connectivity index (χ0v) is 16.2. The van der Waals surface area contributed by atoms with Crippen LogP contribution in [0.4, 0.5) is 4.39 Å². The van der Waals surface area contributed by atoms with E-state index < -0.39 is 11.9 Å². The highest BCUT2D eigenvalue weighted by molar-refractivity contribution is 5.94. The number of benzene rings is 1. The van der Waals surface area contributed by atoms with Crippen molar-refractivity contribution >= 4 is 5.91 Å². The maximum Gasteiger partial charge on any atom is 0.251 e. The lowest BCUT2D eigenvalue weighted by Gasteiger charge is -2.36. The molecule has 0 spiro atoms. The maximum atomic E-state index is 13.3. The molecule has 1 aliphatic rings. The summed E-state index contributed by atoms with van der Waals surface area (Å²) in [7, 11) is 0. The number of hydrogen-bond donors (Lipinski definition) is 2. The third kappa shape index (κ3) is 5.14. The Hall–Kier alpha value is -2.32. The molecule has 0 saturated carbocycles. The van der Waals surface area contributed by atoms with Gasteiger partial charge in [-0.2, -0.15) is 0 Å². The fourth-order valence-corrected chi connectivity index (χ4v) is 3.35. The highest BCUT2D eigenvalue weighted by atomic mass is 19.1. The Kier molecular flexibility index (Phi) is 6.74. The molecule has 3 rings (SSSR count). The lowest BCUT2D eigenvalue weighted by molar-refractivity contribution is -0.0912. The number of amides is 1. The molecular formula is C20H27FN4O3. The van der Waals surface area contributed by atoms with Gasteiger partial charge in [0.1, 0.15) is 11.9 Å². The zero-order chi connectivity index (χ0) is 20.1. The van der Waals surface area contributed by atoms with Crippen molar-refractivity contribution in [3.63, 3.8) is 0 Å². The molecule has 3 atom stereocenters. The molecule has 0 radical (unpaired) electrons.